The lowest BCUT2D eigenvalue weighted by Crippen LogP contribution is -2.24. The van der Waals surface area contributed by atoms with Crippen LogP contribution in [0, 0.1) is 0 Å². The molecule has 0 radical (unpaired) electrons. The minimum absolute atomic E-state index is 0.423. The van der Waals surface area contributed by atoms with E-state index >= 15 is 0 Å². The van der Waals surface area contributed by atoms with E-state index in [0.717, 1.165) is 30.9 Å². The number of ether oxygens (including phenoxy) is 1. The van der Waals surface area contributed by atoms with Crippen LogP contribution in [0.5, 0.6) is 5.75 Å². The second-order valence-electron chi connectivity index (χ2n) is 6.05. The van der Waals surface area contributed by atoms with E-state index in [2.05, 4.69) is 43.9 Å². The van der Waals surface area contributed by atoms with Crippen LogP contribution in [0.4, 0.5) is 0 Å². The maximum atomic E-state index is 6.17. The van der Waals surface area contributed by atoms with Crippen LogP contribution in [-0.2, 0) is 6.61 Å². The van der Waals surface area contributed by atoms with Crippen LogP contribution < -0.4 is 4.74 Å². The highest BCUT2D eigenvalue weighted by Crippen LogP contribution is 2.23. The summed E-state index contributed by atoms with van der Waals surface area (Å²) in [7, 11) is 0. The summed E-state index contributed by atoms with van der Waals surface area (Å²) in [5.41, 5.74) is 3.46. The number of nitrogens with zero attached hydrogens (tertiary/aromatic N) is 1. The lowest BCUT2D eigenvalue weighted by molar-refractivity contribution is 0.306. The van der Waals surface area contributed by atoms with Crippen molar-refractivity contribution in [2.45, 2.75) is 27.4 Å². The second-order valence-corrected chi connectivity index (χ2v) is 6.89. The molecule has 0 aliphatic heterocycles. The Labute approximate surface area is 161 Å². The summed E-state index contributed by atoms with van der Waals surface area (Å²) in [5, 5.41) is 1.25. The first-order valence-corrected chi connectivity index (χ1v) is 9.33. The Kier molecular flexibility index (Phi) is 7.83. The van der Waals surface area contributed by atoms with Gasteiger partial charge in [0.2, 0.25) is 0 Å². The Morgan fingerprint density at radius 2 is 1.72 bits per heavy atom. The molecule has 0 amide bonds. The van der Waals surface area contributed by atoms with Gasteiger partial charge in [0.15, 0.2) is 0 Å². The summed E-state index contributed by atoms with van der Waals surface area (Å²) in [6.07, 6.45) is 2.22. The second kappa shape index (κ2) is 9.86. The number of hydrogen-bond acceptors (Lipinski definition) is 2. The molecule has 0 saturated heterocycles. The van der Waals surface area contributed by atoms with Gasteiger partial charge >= 0.3 is 0 Å². The molecule has 25 heavy (non-hydrogen) atoms. The van der Waals surface area contributed by atoms with E-state index in [1.165, 1.54) is 11.1 Å². The monoisotopic (exact) mass is 377 g/mol. The molecule has 0 fully saturated rings. The van der Waals surface area contributed by atoms with Crippen molar-refractivity contribution in [3.8, 4) is 5.75 Å². The minimum atomic E-state index is 0.423. The predicted molar refractivity (Wildman–Crippen MR) is 109 cm³/mol. The summed E-state index contributed by atoms with van der Waals surface area (Å²) < 4.78 is 5.82. The summed E-state index contributed by atoms with van der Waals surface area (Å²) in [6.45, 7) is 10.1. The average molecular weight is 378 g/mol. The topological polar surface area (TPSA) is 12.5 Å². The number of likely N-dealkylation sites (N-methyl/N-ethyl adjacent to an activating group) is 1. The highest BCUT2D eigenvalue weighted by Gasteiger charge is 2.03. The molecular weight excluding hydrogens is 353 g/mol. The molecular formula is C21H25Cl2NO. The van der Waals surface area contributed by atoms with Crippen LogP contribution in [-0.4, -0.2) is 24.5 Å². The molecule has 0 unspecified atom stereocenters. The quantitative estimate of drug-likeness (QED) is 0.533. The fourth-order valence-corrected chi connectivity index (χ4v) is 3.05. The van der Waals surface area contributed by atoms with Crippen molar-refractivity contribution in [3.63, 3.8) is 0 Å². The summed E-state index contributed by atoms with van der Waals surface area (Å²) >= 11 is 12.1. The molecule has 0 heterocycles. The van der Waals surface area contributed by atoms with Crippen molar-refractivity contribution in [2.24, 2.45) is 0 Å². The lowest BCUT2D eigenvalue weighted by Gasteiger charge is -2.18. The van der Waals surface area contributed by atoms with Gasteiger partial charge in [-0.25, -0.2) is 0 Å². The molecule has 2 aromatic rings. The highest BCUT2D eigenvalue weighted by molar-refractivity contribution is 6.35. The van der Waals surface area contributed by atoms with Crippen molar-refractivity contribution in [2.75, 3.05) is 19.6 Å². The zero-order valence-corrected chi connectivity index (χ0v) is 16.6. The van der Waals surface area contributed by atoms with Gasteiger partial charge in [0.1, 0.15) is 12.4 Å². The van der Waals surface area contributed by atoms with Gasteiger partial charge in [0.05, 0.1) is 0 Å². The van der Waals surface area contributed by atoms with E-state index in [0.29, 0.717) is 16.7 Å². The van der Waals surface area contributed by atoms with Crippen LogP contribution in [0.3, 0.4) is 0 Å². The van der Waals surface area contributed by atoms with Gasteiger partial charge in [-0.05, 0) is 49.8 Å². The maximum Gasteiger partial charge on any atom is 0.119 e. The first-order chi connectivity index (χ1) is 12.0. The van der Waals surface area contributed by atoms with Crippen molar-refractivity contribution in [3.05, 3.63) is 69.2 Å². The fourth-order valence-electron chi connectivity index (χ4n) is 2.59. The molecule has 0 aliphatic rings. The van der Waals surface area contributed by atoms with Crippen LogP contribution in [0.25, 0.3) is 6.08 Å². The molecule has 4 heteroatoms. The van der Waals surface area contributed by atoms with Gasteiger partial charge in [0, 0.05) is 22.2 Å². The van der Waals surface area contributed by atoms with E-state index in [-0.39, 0.29) is 0 Å². The van der Waals surface area contributed by atoms with Crippen LogP contribution in [0.15, 0.2) is 48.0 Å². The Morgan fingerprint density at radius 1 is 1.04 bits per heavy atom. The average Bonchev–Trinajstić information content (AvgIpc) is 2.60. The third-order valence-electron chi connectivity index (χ3n) is 4.07. The largest absolute Gasteiger partial charge is 0.489 e. The molecule has 2 aromatic carbocycles. The van der Waals surface area contributed by atoms with Gasteiger partial charge in [-0.2, -0.15) is 0 Å². The van der Waals surface area contributed by atoms with Gasteiger partial charge in [-0.1, -0.05) is 66.9 Å². The van der Waals surface area contributed by atoms with Gasteiger partial charge in [-0.3, -0.25) is 4.90 Å². The molecule has 0 aliphatic carbocycles. The maximum absolute atomic E-state index is 6.17. The van der Waals surface area contributed by atoms with E-state index in [4.69, 9.17) is 27.9 Å². The fraction of sp³-hybridized carbons (Fsp3) is 0.333. The van der Waals surface area contributed by atoms with Crippen molar-refractivity contribution < 1.29 is 4.74 Å². The first kappa shape index (κ1) is 19.8. The molecule has 0 bridgehead atoms. The van der Waals surface area contributed by atoms with E-state index in [9.17, 15) is 0 Å². The molecule has 134 valence electrons. The van der Waals surface area contributed by atoms with Gasteiger partial charge in [0.25, 0.3) is 0 Å². The Bertz CT molecular complexity index is 706. The van der Waals surface area contributed by atoms with Crippen molar-refractivity contribution in [1.82, 2.24) is 4.90 Å². The summed E-state index contributed by atoms with van der Waals surface area (Å²) in [4.78, 5) is 2.40. The van der Waals surface area contributed by atoms with Crippen molar-refractivity contribution in [1.29, 1.82) is 0 Å². The number of rotatable bonds is 8. The molecule has 0 aromatic heterocycles. The Morgan fingerprint density at radius 3 is 2.32 bits per heavy atom. The van der Waals surface area contributed by atoms with Gasteiger partial charge in [-0.15, -0.1) is 0 Å². The zero-order valence-electron chi connectivity index (χ0n) is 15.1. The van der Waals surface area contributed by atoms with Crippen LogP contribution in [0.2, 0.25) is 10.0 Å². The molecule has 0 spiro atoms. The van der Waals surface area contributed by atoms with E-state index in [1.807, 2.05) is 24.3 Å². The normalized spacial score (nSPS) is 11.8. The molecule has 2 nitrogen and oxygen atoms in total. The summed E-state index contributed by atoms with van der Waals surface area (Å²) in [6, 6.07) is 13.6. The standard InChI is InChI=1S/C21H25Cl2NO/c1-4-24(5-2)14-16(3)12-17-6-10-20(11-7-17)25-15-18-8-9-19(22)13-21(18)23/h6-13H,4-5,14-15H2,1-3H3. The predicted octanol–water partition coefficient (Wildman–Crippen LogP) is 6.32. The van der Waals surface area contributed by atoms with Crippen LogP contribution >= 0.6 is 23.2 Å². The highest BCUT2D eigenvalue weighted by atomic mass is 35.5. The van der Waals surface area contributed by atoms with Crippen molar-refractivity contribution >= 4 is 29.3 Å². The van der Waals surface area contributed by atoms with E-state index in [1.54, 1.807) is 6.07 Å². The summed E-state index contributed by atoms with van der Waals surface area (Å²) in [5.74, 6) is 0.824. The molecule has 0 atom stereocenters. The SMILES string of the molecule is CCN(CC)CC(C)=Cc1ccc(OCc2ccc(Cl)cc2Cl)cc1. The van der Waals surface area contributed by atoms with Crippen LogP contribution in [0.1, 0.15) is 31.9 Å². The lowest BCUT2D eigenvalue weighted by atomic mass is 10.1. The molecule has 0 saturated carbocycles. The minimum Gasteiger partial charge on any atom is -0.489 e. The Hall–Kier alpha value is -1.48. The Balaban J connectivity index is 1.95. The third kappa shape index (κ3) is 6.39. The third-order valence-corrected chi connectivity index (χ3v) is 4.66. The number of hydrogen-bond donors (Lipinski definition) is 0. The molecule has 0 N–H and O–H groups in total. The molecule has 2 rings (SSSR count). The van der Waals surface area contributed by atoms with E-state index < -0.39 is 0 Å². The number of halogens is 2. The van der Waals surface area contributed by atoms with Gasteiger partial charge < -0.3 is 4.74 Å². The smallest absolute Gasteiger partial charge is 0.119 e. The zero-order chi connectivity index (χ0) is 18.2. The number of benzene rings is 2. The first-order valence-electron chi connectivity index (χ1n) is 8.58.